The molecule has 1 heterocycles. The standard InChI is InChI=1S/C17H21FN2O5S/c1-12-10-15(12)17(22)25-11-16(21)19-6-8-20(9-7-19)26(23,24)14-4-2-13(18)3-5-14/h2-5,12,15H,6-11H2,1H3/t12-,15-/m0/s1. The molecule has 1 aliphatic heterocycles. The van der Waals surface area contributed by atoms with Gasteiger partial charge in [0.15, 0.2) is 6.61 Å². The minimum absolute atomic E-state index is 0.0196. The maximum Gasteiger partial charge on any atom is 0.309 e. The van der Waals surface area contributed by atoms with E-state index >= 15 is 0 Å². The molecule has 1 aromatic carbocycles. The summed E-state index contributed by atoms with van der Waals surface area (Å²) in [7, 11) is -3.72. The zero-order valence-electron chi connectivity index (χ0n) is 14.4. The van der Waals surface area contributed by atoms with E-state index < -0.39 is 15.8 Å². The number of sulfonamides is 1. The summed E-state index contributed by atoms with van der Waals surface area (Å²) < 4.78 is 44.3. The molecule has 0 aromatic heterocycles. The molecular formula is C17H21FN2O5S. The van der Waals surface area contributed by atoms with Crippen molar-refractivity contribution in [3.63, 3.8) is 0 Å². The van der Waals surface area contributed by atoms with Crippen molar-refractivity contribution in [2.45, 2.75) is 18.2 Å². The van der Waals surface area contributed by atoms with E-state index in [-0.39, 0.29) is 55.5 Å². The highest BCUT2D eigenvalue weighted by Gasteiger charge is 2.41. The highest BCUT2D eigenvalue weighted by Crippen LogP contribution is 2.38. The summed E-state index contributed by atoms with van der Waals surface area (Å²) in [6.45, 7) is 2.35. The molecule has 3 rings (SSSR count). The molecule has 0 N–H and O–H groups in total. The molecule has 1 aromatic rings. The second kappa shape index (κ2) is 7.32. The van der Waals surface area contributed by atoms with Crippen LogP contribution in [0.15, 0.2) is 29.2 Å². The topological polar surface area (TPSA) is 84.0 Å². The Hall–Kier alpha value is -2.00. The SMILES string of the molecule is C[C@H]1C[C@@H]1C(=O)OCC(=O)N1CCN(S(=O)(=O)c2ccc(F)cc2)CC1. The second-order valence-corrected chi connectivity index (χ2v) is 8.60. The molecule has 26 heavy (non-hydrogen) atoms. The van der Waals surface area contributed by atoms with Crippen molar-refractivity contribution >= 4 is 21.9 Å². The van der Waals surface area contributed by atoms with Gasteiger partial charge in [-0.2, -0.15) is 4.31 Å². The molecule has 142 valence electrons. The van der Waals surface area contributed by atoms with E-state index in [0.717, 1.165) is 18.6 Å². The van der Waals surface area contributed by atoms with E-state index in [0.29, 0.717) is 5.92 Å². The first-order valence-corrected chi connectivity index (χ1v) is 9.93. The minimum Gasteiger partial charge on any atom is -0.455 e. The Balaban J connectivity index is 1.51. The normalized spacial score (nSPS) is 23.5. The molecule has 2 aliphatic rings. The fourth-order valence-corrected chi connectivity index (χ4v) is 4.34. The van der Waals surface area contributed by atoms with Crippen LogP contribution in [-0.4, -0.2) is 62.3 Å². The van der Waals surface area contributed by atoms with Crippen LogP contribution in [0.25, 0.3) is 0 Å². The Morgan fingerprint density at radius 2 is 1.73 bits per heavy atom. The molecule has 7 nitrogen and oxygen atoms in total. The van der Waals surface area contributed by atoms with Crippen LogP contribution >= 0.6 is 0 Å². The van der Waals surface area contributed by atoms with Crippen molar-refractivity contribution in [2.24, 2.45) is 11.8 Å². The van der Waals surface area contributed by atoms with Gasteiger partial charge in [-0.15, -0.1) is 0 Å². The minimum atomic E-state index is -3.72. The molecule has 1 saturated carbocycles. The lowest BCUT2D eigenvalue weighted by Crippen LogP contribution is -2.51. The Morgan fingerprint density at radius 1 is 1.15 bits per heavy atom. The number of rotatable bonds is 5. The summed E-state index contributed by atoms with van der Waals surface area (Å²) in [5.74, 6) is -0.957. The Labute approximate surface area is 151 Å². The van der Waals surface area contributed by atoms with Crippen LogP contribution in [0.2, 0.25) is 0 Å². The van der Waals surface area contributed by atoms with Gasteiger partial charge >= 0.3 is 5.97 Å². The number of hydrogen-bond donors (Lipinski definition) is 0. The molecule has 9 heteroatoms. The van der Waals surface area contributed by atoms with E-state index in [1.165, 1.54) is 21.3 Å². The maximum absolute atomic E-state index is 13.0. The van der Waals surface area contributed by atoms with Crippen molar-refractivity contribution in [2.75, 3.05) is 32.8 Å². The number of ether oxygens (including phenoxy) is 1. The van der Waals surface area contributed by atoms with Gasteiger partial charge in [-0.3, -0.25) is 9.59 Å². The molecule has 1 saturated heterocycles. The van der Waals surface area contributed by atoms with Crippen molar-refractivity contribution < 1.29 is 27.1 Å². The Bertz CT molecular complexity index is 788. The molecule has 1 aliphatic carbocycles. The Morgan fingerprint density at radius 3 is 2.27 bits per heavy atom. The molecule has 0 unspecified atom stereocenters. The number of carbonyl (C=O) groups excluding carboxylic acids is 2. The predicted molar refractivity (Wildman–Crippen MR) is 90.0 cm³/mol. The van der Waals surface area contributed by atoms with Gasteiger partial charge in [0.1, 0.15) is 5.82 Å². The first kappa shape index (κ1) is 18.8. The summed E-state index contributed by atoms with van der Waals surface area (Å²) >= 11 is 0. The van der Waals surface area contributed by atoms with Gasteiger partial charge in [-0.1, -0.05) is 6.92 Å². The van der Waals surface area contributed by atoms with Crippen LogP contribution in [0, 0.1) is 17.7 Å². The first-order chi connectivity index (χ1) is 12.3. The van der Waals surface area contributed by atoms with Gasteiger partial charge in [0, 0.05) is 26.2 Å². The van der Waals surface area contributed by atoms with E-state index in [1.807, 2.05) is 6.92 Å². The lowest BCUT2D eigenvalue weighted by Gasteiger charge is -2.33. The summed E-state index contributed by atoms with van der Waals surface area (Å²) in [4.78, 5) is 25.3. The van der Waals surface area contributed by atoms with Gasteiger partial charge < -0.3 is 9.64 Å². The van der Waals surface area contributed by atoms with Crippen LogP contribution < -0.4 is 0 Å². The summed E-state index contributed by atoms with van der Waals surface area (Å²) in [5, 5.41) is 0. The monoisotopic (exact) mass is 384 g/mol. The fourth-order valence-electron chi connectivity index (χ4n) is 2.92. The smallest absolute Gasteiger partial charge is 0.309 e. The number of nitrogens with zero attached hydrogens (tertiary/aromatic N) is 2. The molecular weight excluding hydrogens is 363 g/mol. The maximum atomic E-state index is 13.0. The third-order valence-electron chi connectivity index (χ3n) is 4.79. The van der Waals surface area contributed by atoms with Gasteiger partial charge in [0.25, 0.3) is 5.91 Å². The second-order valence-electron chi connectivity index (χ2n) is 6.67. The predicted octanol–water partition coefficient (Wildman–Crippen LogP) is 0.858. The number of halogens is 1. The highest BCUT2D eigenvalue weighted by molar-refractivity contribution is 7.89. The van der Waals surface area contributed by atoms with Crippen molar-refractivity contribution in [1.82, 2.24) is 9.21 Å². The zero-order valence-corrected chi connectivity index (χ0v) is 15.2. The van der Waals surface area contributed by atoms with Gasteiger partial charge in [0.2, 0.25) is 10.0 Å². The van der Waals surface area contributed by atoms with Crippen LogP contribution in [0.4, 0.5) is 4.39 Å². The molecule has 0 bridgehead atoms. The molecule has 2 atom stereocenters. The third-order valence-corrected chi connectivity index (χ3v) is 6.71. The third kappa shape index (κ3) is 4.04. The first-order valence-electron chi connectivity index (χ1n) is 8.49. The number of carbonyl (C=O) groups is 2. The number of hydrogen-bond acceptors (Lipinski definition) is 5. The van der Waals surface area contributed by atoms with Gasteiger partial charge in [-0.05, 0) is 36.6 Å². The number of amides is 1. The largest absolute Gasteiger partial charge is 0.455 e. The van der Waals surface area contributed by atoms with Gasteiger partial charge in [-0.25, -0.2) is 12.8 Å². The van der Waals surface area contributed by atoms with Crippen LogP contribution in [0.3, 0.4) is 0 Å². The lowest BCUT2D eigenvalue weighted by atomic mass is 10.3. The van der Waals surface area contributed by atoms with Crippen molar-refractivity contribution in [1.29, 1.82) is 0 Å². The fraction of sp³-hybridized carbons (Fsp3) is 0.529. The average molecular weight is 384 g/mol. The van der Waals surface area contributed by atoms with E-state index in [2.05, 4.69) is 0 Å². The number of esters is 1. The quantitative estimate of drug-likeness (QED) is 0.703. The Kier molecular flexibility index (Phi) is 5.29. The summed E-state index contributed by atoms with van der Waals surface area (Å²) in [6, 6.07) is 4.64. The van der Waals surface area contributed by atoms with Crippen molar-refractivity contribution in [3.8, 4) is 0 Å². The molecule has 0 radical (unpaired) electrons. The summed E-state index contributed by atoms with van der Waals surface area (Å²) in [6.07, 6.45) is 0.799. The van der Waals surface area contributed by atoms with E-state index in [9.17, 15) is 22.4 Å². The highest BCUT2D eigenvalue weighted by atomic mass is 32.2. The van der Waals surface area contributed by atoms with E-state index in [4.69, 9.17) is 4.74 Å². The average Bonchev–Trinajstić information content (AvgIpc) is 3.36. The van der Waals surface area contributed by atoms with Crippen LogP contribution in [0.5, 0.6) is 0 Å². The van der Waals surface area contributed by atoms with Crippen LogP contribution in [-0.2, 0) is 24.3 Å². The van der Waals surface area contributed by atoms with Crippen molar-refractivity contribution in [3.05, 3.63) is 30.1 Å². The molecule has 1 amide bonds. The summed E-state index contributed by atoms with van der Waals surface area (Å²) in [5.41, 5.74) is 0. The van der Waals surface area contributed by atoms with E-state index in [1.54, 1.807) is 0 Å². The number of piperazine rings is 1. The van der Waals surface area contributed by atoms with Crippen LogP contribution in [0.1, 0.15) is 13.3 Å². The van der Waals surface area contributed by atoms with Gasteiger partial charge in [0.05, 0.1) is 10.8 Å². The molecule has 2 fully saturated rings. The lowest BCUT2D eigenvalue weighted by molar-refractivity contribution is -0.153. The molecule has 0 spiro atoms. The zero-order chi connectivity index (χ0) is 18.9. The number of benzene rings is 1.